The number of benzene rings is 2. The Morgan fingerprint density at radius 2 is 1.96 bits per heavy atom. The fraction of sp³-hybridized carbons (Fsp3) is 0.333. The van der Waals surface area contributed by atoms with Gasteiger partial charge in [-0.05, 0) is 61.2 Å². The second-order valence-electron chi connectivity index (χ2n) is 6.80. The molecule has 3 aromatic rings. The summed E-state index contributed by atoms with van der Waals surface area (Å²) in [5, 5.41) is 9.76. The van der Waals surface area contributed by atoms with E-state index in [9.17, 15) is 4.79 Å². The summed E-state index contributed by atoms with van der Waals surface area (Å²) in [4.78, 5) is 17.3. The highest BCUT2D eigenvalue weighted by Crippen LogP contribution is 2.27. The van der Waals surface area contributed by atoms with Crippen LogP contribution in [0.5, 0.6) is 0 Å². The van der Waals surface area contributed by atoms with Gasteiger partial charge in [-0.2, -0.15) is 0 Å². The fourth-order valence-electron chi connectivity index (χ4n) is 3.76. The molecular weight excluding hydrogens is 381 g/mol. The molecule has 27 heavy (non-hydrogen) atoms. The average Bonchev–Trinajstić information content (AvgIpc) is 2.68. The summed E-state index contributed by atoms with van der Waals surface area (Å²) in [5.74, 6) is 0.638. The Morgan fingerprint density at radius 3 is 2.78 bits per heavy atom. The summed E-state index contributed by atoms with van der Waals surface area (Å²) >= 11 is 0. The van der Waals surface area contributed by atoms with Gasteiger partial charge in [0, 0.05) is 18.1 Å². The lowest BCUT2D eigenvalue weighted by atomic mass is 9.96. The average molecular weight is 406 g/mol. The van der Waals surface area contributed by atoms with Crippen molar-refractivity contribution in [2.75, 3.05) is 19.6 Å². The van der Waals surface area contributed by atoms with Crippen LogP contribution in [0.15, 0.2) is 48.7 Å². The second kappa shape index (κ2) is 9.88. The number of rotatable bonds is 4. The highest BCUT2D eigenvalue weighted by Gasteiger charge is 2.16. The normalized spacial score (nSPS) is 16.4. The third kappa shape index (κ3) is 4.70. The van der Waals surface area contributed by atoms with E-state index in [4.69, 9.17) is 0 Å². The number of aromatic nitrogens is 1. The van der Waals surface area contributed by atoms with Crippen molar-refractivity contribution >= 4 is 52.4 Å². The molecule has 1 aliphatic rings. The number of fused-ring (bicyclic) bond motifs is 3. The van der Waals surface area contributed by atoms with Gasteiger partial charge in [-0.15, -0.1) is 24.8 Å². The zero-order chi connectivity index (χ0) is 17.1. The lowest BCUT2D eigenvalue weighted by Crippen LogP contribution is -2.33. The van der Waals surface area contributed by atoms with Crippen molar-refractivity contribution in [2.24, 2.45) is 5.92 Å². The van der Waals surface area contributed by atoms with Crippen molar-refractivity contribution in [1.82, 2.24) is 15.6 Å². The van der Waals surface area contributed by atoms with Crippen molar-refractivity contribution in [3.05, 3.63) is 54.2 Å². The van der Waals surface area contributed by atoms with Crippen LogP contribution in [0.1, 0.15) is 29.6 Å². The SMILES string of the molecule is Cl.Cl.O=C(NCCC1CCCNC1)c1cc2ccccc2c2cccnc12. The molecule has 0 radical (unpaired) electrons. The largest absolute Gasteiger partial charge is 0.352 e. The molecule has 1 amide bonds. The van der Waals surface area contributed by atoms with Gasteiger partial charge in [0.1, 0.15) is 0 Å². The predicted octanol–water partition coefficient (Wildman–Crippen LogP) is 4.35. The zero-order valence-corrected chi connectivity index (χ0v) is 16.7. The Hall–Kier alpha value is -1.88. The van der Waals surface area contributed by atoms with E-state index in [1.807, 2.05) is 36.4 Å². The Labute approximate surface area is 171 Å². The first-order chi connectivity index (χ1) is 12.3. The topological polar surface area (TPSA) is 54.0 Å². The van der Waals surface area contributed by atoms with E-state index in [0.29, 0.717) is 18.0 Å². The van der Waals surface area contributed by atoms with Crippen LogP contribution < -0.4 is 10.6 Å². The maximum absolute atomic E-state index is 12.8. The third-order valence-corrected chi connectivity index (χ3v) is 5.10. The molecule has 1 fully saturated rings. The van der Waals surface area contributed by atoms with Crippen LogP contribution in [0.2, 0.25) is 0 Å². The molecule has 1 aromatic heterocycles. The van der Waals surface area contributed by atoms with Gasteiger partial charge in [-0.25, -0.2) is 0 Å². The van der Waals surface area contributed by atoms with Gasteiger partial charge in [0.05, 0.1) is 11.1 Å². The summed E-state index contributed by atoms with van der Waals surface area (Å²) in [5.41, 5.74) is 1.44. The summed E-state index contributed by atoms with van der Waals surface area (Å²) in [6.07, 6.45) is 5.26. The Bertz CT molecular complexity index is 910. The quantitative estimate of drug-likeness (QED) is 0.634. The third-order valence-electron chi connectivity index (χ3n) is 5.10. The van der Waals surface area contributed by atoms with Gasteiger partial charge >= 0.3 is 0 Å². The molecule has 4 rings (SSSR count). The first kappa shape index (κ1) is 21.4. The summed E-state index contributed by atoms with van der Waals surface area (Å²) in [6.45, 7) is 2.90. The minimum absolute atomic E-state index is 0. The summed E-state index contributed by atoms with van der Waals surface area (Å²) < 4.78 is 0. The van der Waals surface area contributed by atoms with Crippen LogP contribution in [0.3, 0.4) is 0 Å². The molecule has 2 aromatic carbocycles. The van der Waals surface area contributed by atoms with Gasteiger partial charge in [0.2, 0.25) is 0 Å². The van der Waals surface area contributed by atoms with E-state index < -0.39 is 0 Å². The van der Waals surface area contributed by atoms with Gasteiger partial charge in [0.25, 0.3) is 5.91 Å². The number of halogens is 2. The molecular formula is C21H25Cl2N3O. The zero-order valence-electron chi connectivity index (χ0n) is 15.1. The molecule has 2 N–H and O–H groups in total. The fourth-order valence-corrected chi connectivity index (χ4v) is 3.76. The standard InChI is InChI=1S/C21H23N3O.2ClH/c25-21(24-12-9-15-5-3-10-22-14-15)19-13-16-6-1-2-7-17(16)18-8-4-11-23-20(18)19;;/h1-2,4,6-8,11,13,15,22H,3,5,9-10,12,14H2,(H,24,25);2*1H. The number of nitrogens with one attached hydrogen (secondary N) is 2. The predicted molar refractivity (Wildman–Crippen MR) is 116 cm³/mol. The van der Waals surface area contributed by atoms with Gasteiger partial charge in [-0.3, -0.25) is 9.78 Å². The monoisotopic (exact) mass is 405 g/mol. The highest BCUT2D eigenvalue weighted by molar-refractivity contribution is 6.15. The molecule has 0 aliphatic carbocycles. The maximum atomic E-state index is 12.8. The number of pyridine rings is 1. The van der Waals surface area contributed by atoms with Crippen LogP contribution in [0.25, 0.3) is 21.7 Å². The van der Waals surface area contributed by atoms with E-state index in [2.05, 4.69) is 21.7 Å². The first-order valence-electron chi connectivity index (χ1n) is 9.08. The van der Waals surface area contributed by atoms with Crippen molar-refractivity contribution < 1.29 is 4.79 Å². The van der Waals surface area contributed by atoms with Crippen LogP contribution in [-0.2, 0) is 0 Å². The smallest absolute Gasteiger partial charge is 0.253 e. The van der Waals surface area contributed by atoms with Crippen molar-refractivity contribution in [3.8, 4) is 0 Å². The Morgan fingerprint density at radius 1 is 1.15 bits per heavy atom. The van der Waals surface area contributed by atoms with Gasteiger partial charge < -0.3 is 10.6 Å². The summed E-state index contributed by atoms with van der Waals surface area (Å²) in [7, 11) is 0. The molecule has 0 saturated carbocycles. The molecule has 1 saturated heterocycles. The Balaban J connectivity index is 0.00000131. The number of piperidine rings is 1. The van der Waals surface area contributed by atoms with E-state index in [1.54, 1.807) is 6.20 Å². The van der Waals surface area contributed by atoms with Gasteiger partial charge in [-0.1, -0.05) is 30.3 Å². The molecule has 1 unspecified atom stereocenters. The number of carbonyl (C=O) groups is 1. The molecule has 144 valence electrons. The molecule has 1 atom stereocenters. The second-order valence-corrected chi connectivity index (χ2v) is 6.80. The van der Waals surface area contributed by atoms with Crippen LogP contribution >= 0.6 is 24.8 Å². The first-order valence-corrected chi connectivity index (χ1v) is 9.08. The molecule has 2 heterocycles. The molecule has 0 bridgehead atoms. The molecule has 1 aliphatic heterocycles. The number of hydrogen-bond donors (Lipinski definition) is 2. The molecule has 0 spiro atoms. The lowest BCUT2D eigenvalue weighted by Gasteiger charge is -2.22. The van der Waals surface area contributed by atoms with Crippen molar-refractivity contribution in [1.29, 1.82) is 0 Å². The maximum Gasteiger partial charge on any atom is 0.253 e. The van der Waals surface area contributed by atoms with Crippen molar-refractivity contribution in [3.63, 3.8) is 0 Å². The van der Waals surface area contributed by atoms with E-state index in [0.717, 1.165) is 41.2 Å². The number of hydrogen-bond acceptors (Lipinski definition) is 3. The lowest BCUT2D eigenvalue weighted by molar-refractivity contribution is 0.0952. The minimum atomic E-state index is -0.0294. The number of amides is 1. The Kier molecular flexibility index (Phi) is 7.84. The van der Waals surface area contributed by atoms with E-state index >= 15 is 0 Å². The minimum Gasteiger partial charge on any atom is -0.352 e. The van der Waals surface area contributed by atoms with E-state index in [-0.39, 0.29) is 30.7 Å². The number of carbonyl (C=O) groups excluding carboxylic acids is 1. The van der Waals surface area contributed by atoms with E-state index in [1.165, 1.54) is 12.8 Å². The molecule has 6 heteroatoms. The number of nitrogens with zero attached hydrogens (tertiary/aromatic N) is 1. The highest BCUT2D eigenvalue weighted by atomic mass is 35.5. The van der Waals surface area contributed by atoms with Crippen LogP contribution in [-0.4, -0.2) is 30.5 Å². The van der Waals surface area contributed by atoms with Gasteiger partial charge in [0.15, 0.2) is 0 Å². The van der Waals surface area contributed by atoms with Crippen LogP contribution in [0, 0.1) is 5.92 Å². The molecule has 4 nitrogen and oxygen atoms in total. The van der Waals surface area contributed by atoms with Crippen LogP contribution in [0.4, 0.5) is 0 Å². The van der Waals surface area contributed by atoms with Crippen molar-refractivity contribution in [2.45, 2.75) is 19.3 Å². The summed E-state index contributed by atoms with van der Waals surface area (Å²) in [6, 6.07) is 14.1.